The maximum Gasteiger partial charge on any atom is 0.433 e. The van der Waals surface area contributed by atoms with Gasteiger partial charge in [-0.05, 0) is 18.9 Å². The molecule has 1 aliphatic rings. The van der Waals surface area contributed by atoms with E-state index in [0.717, 1.165) is 38.2 Å². The predicted octanol–water partition coefficient (Wildman–Crippen LogP) is 1.86. The lowest BCUT2D eigenvalue weighted by Crippen LogP contribution is -2.41. The second-order valence-electron chi connectivity index (χ2n) is 5.06. The average Bonchev–Trinajstić information content (AvgIpc) is 2.82. The SMILES string of the molecule is O=C(NC1CCCCCC1CO)c1ccc([N+](=O)[O-])o1. The van der Waals surface area contributed by atoms with Crippen molar-refractivity contribution in [2.45, 2.75) is 38.1 Å². The van der Waals surface area contributed by atoms with Gasteiger partial charge < -0.3 is 14.8 Å². The van der Waals surface area contributed by atoms with Crippen molar-refractivity contribution in [3.05, 3.63) is 28.0 Å². The first-order valence-corrected chi connectivity index (χ1v) is 6.77. The van der Waals surface area contributed by atoms with E-state index in [1.165, 1.54) is 6.07 Å². The Morgan fingerprint density at radius 2 is 2.15 bits per heavy atom. The van der Waals surface area contributed by atoms with Gasteiger partial charge in [0.25, 0.3) is 5.91 Å². The summed E-state index contributed by atoms with van der Waals surface area (Å²) in [4.78, 5) is 21.8. The molecule has 0 saturated heterocycles. The molecule has 1 aromatic rings. The smallest absolute Gasteiger partial charge is 0.396 e. The lowest BCUT2D eigenvalue weighted by atomic mass is 9.95. The number of nitrogens with one attached hydrogen (secondary N) is 1. The Bertz CT molecular complexity index is 485. The highest BCUT2D eigenvalue weighted by Gasteiger charge is 2.26. The molecule has 0 aliphatic heterocycles. The number of hydrogen-bond acceptors (Lipinski definition) is 5. The van der Waals surface area contributed by atoms with Gasteiger partial charge in [0.2, 0.25) is 0 Å². The molecule has 1 saturated carbocycles. The van der Waals surface area contributed by atoms with Crippen LogP contribution in [0.25, 0.3) is 0 Å². The summed E-state index contributed by atoms with van der Waals surface area (Å²) in [6.45, 7) is 0.0310. The van der Waals surface area contributed by atoms with E-state index in [9.17, 15) is 20.0 Å². The average molecular weight is 282 g/mol. The number of carbonyl (C=O) groups excluding carboxylic acids is 1. The van der Waals surface area contributed by atoms with Crippen molar-refractivity contribution in [2.24, 2.45) is 5.92 Å². The Morgan fingerprint density at radius 3 is 2.80 bits per heavy atom. The fourth-order valence-corrected chi connectivity index (χ4v) is 2.58. The van der Waals surface area contributed by atoms with E-state index < -0.39 is 16.7 Å². The van der Waals surface area contributed by atoms with Gasteiger partial charge in [-0.3, -0.25) is 14.9 Å². The van der Waals surface area contributed by atoms with E-state index in [1.807, 2.05) is 0 Å². The van der Waals surface area contributed by atoms with Gasteiger partial charge in [-0.1, -0.05) is 19.3 Å². The maximum atomic E-state index is 12.0. The molecular weight excluding hydrogens is 264 g/mol. The second kappa shape index (κ2) is 6.51. The Labute approximate surface area is 116 Å². The standard InChI is InChI=1S/C13H18N2O5/c16-8-9-4-2-1-3-5-10(9)14-13(17)11-6-7-12(20-11)15(18)19/h6-7,9-10,16H,1-5,8H2,(H,14,17). The zero-order valence-corrected chi connectivity index (χ0v) is 11.1. The van der Waals surface area contributed by atoms with Gasteiger partial charge in [-0.25, -0.2) is 0 Å². The molecule has 2 N–H and O–H groups in total. The number of hydrogen-bond donors (Lipinski definition) is 2. The van der Waals surface area contributed by atoms with Crippen LogP contribution in [-0.4, -0.2) is 28.6 Å². The molecule has 2 rings (SSSR count). The molecule has 2 unspecified atom stereocenters. The summed E-state index contributed by atoms with van der Waals surface area (Å²) >= 11 is 0. The summed E-state index contributed by atoms with van der Waals surface area (Å²) in [7, 11) is 0. The highest BCUT2D eigenvalue weighted by atomic mass is 16.6. The van der Waals surface area contributed by atoms with Gasteiger partial charge >= 0.3 is 5.88 Å². The van der Waals surface area contributed by atoms with E-state index in [1.54, 1.807) is 0 Å². The molecule has 1 fully saturated rings. The van der Waals surface area contributed by atoms with Crippen molar-refractivity contribution in [3.63, 3.8) is 0 Å². The molecule has 7 heteroatoms. The van der Waals surface area contributed by atoms with Crippen LogP contribution >= 0.6 is 0 Å². The van der Waals surface area contributed by atoms with E-state index in [-0.39, 0.29) is 24.3 Å². The minimum absolute atomic E-state index is 0.0310. The molecule has 110 valence electrons. The van der Waals surface area contributed by atoms with Crippen LogP contribution in [0.5, 0.6) is 0 Å². The van der Waals surface area contributed by atoms with Gasteiger partial charge in [-0.2, -0.15) is 0 Å². The summed E-state index contributed by atoms with van der Waals surface area (Å²) in [5.41, 5.74) is 0. The van der Waals surface area contributed by atoms with Gasteiger partial charge in [-0.15, -0.1) is 0 Å². The third kappa shape index (κ3) is 3.36. The predicted molar refractivity (Wildman–Crippen MR) is 70.3 cm³/mol. The summed E-state index contributed by atoms with van der Waals surface area (Å²) in [5, 5.41) is 22.7. The minimum Gasteiger partial charge on any atom is -0.396 e. The number of aliphatic hydroxyl groups is 1. The first kappa shape index (κ1) is 14.5. The van der Waals surface area contributed by atoms with Crippen LogP contribution < -0.4 is 5.32 Å². The van der Waals surface area contributed by atoms with Crippen LogP contribution in [0.4, 0.5) is 5.88 Å². The highest BCUT2D eigenvalue weighted by Crippen LogP contribution is 2.24. The second-order valence-corrected chi connectivity index (χ2v) is 5.06. The van der Waals surface area contributed by atoms with Gasteiger partial charge in [0.05, 0.1) is 6.07 Å². The molecule has 7 nitrogen and oxygen atoms in total. The third-order valence-electron chi connectivity index (χ3n) is 3.71. The first-order valence-electron chi connectivity index (χ1n) is 6.77. The normalized spacial score (nSPS) is 23.1. The van der Waals surface area contributed by atoms with Crippen molar-refractivity contribution in [2.75, 3.05) is 6.61 Å². The number of amides is 1. The number of furan rings is 1. The monoisotopic (exact) mass is 282 g/mol. The Morgan fingerprint density at radius 1 is 1.40 bits per heavy atom. The Hall–Kier alpha value is -1.89. The van der Waals surface area contributed by atoms with E-state index >= 15 is 0 Å². The van der Waals surface area contributed by atoms with Crippen molar-refractivity contribution in [1.29, 1.82) is 0 Å². The summed E-state index contributed by atoms with van der Waals surface area (Å²) in [6, 6.07) is 2.34. The van der Waals surface area contributed by atoms with Crippen LogP contribution in [-0.2, 0) is 0 Å². The number of carbonyl (C=O) groups is 1. The first-order chi connectivity index (χ1) is 9.61. The minimum atomic E-state index is -0.682. The molecule has 1 heterocycles. The largest absolute Gasteiger partial charge is 0.433 e. The van der Waals surface area contributed by atoms with E-state index in [2.05, 4.69) is 5.32 Å². The third-order valence-corrected chi connectivity index (χ3v) is 3.71. The van der Waals surface area contributed by atoms with Gasteiger partial charge in [0.15, 0.2) is 5.76 Å². The molecule has 0 bridgehead atoms. The lowest BCUT2D eigenvalue weighted by molar-refractivity contribution is -0.402. The molecule has 0 radical (unpaired) electrons. The summed E-state index contributed by atoms with van der Waals surface area (Å²) < 4.78 is 4.87. The van der Waals surface area contributed by atoms with E-state index in [4.69, 9.17) is 4.42 Å². The number of nitrogens with zero attached hydrogens (tertiary/aromatic N) is 1. The van der Waals surface area contributed by atoms with Crippen molar-refractivity contribution in [1.82, 2.24) is 5.32 Å². The fraction of sp³-hybridized carbons (Fsp3) is 0.615. The highest BCUT2D eigenvalue weighted by molar-refractivity contribution is 5.91. The summed E-state index contributed by atoms with van der Waals surface area (Å²) in [6.07, 6.45) is 4.82. The number of aliphatic hydroxyl groups excluding tert-OH is 1. The van der Waals surface area contributed by atoms with Crippen LogP contribution in [0.3, 0.4) is 0 Å². The molecule has 1 amide bonds. The molecule has 20 heavy (non-hydrogen) atoms. The number of rotatable bonds is 4. The van der Waals surface area contributed by atoms with Crippen LogP contribution in [0, 0.1) is 16.0 Å². The van der Waals surface area contributed by atoms with Crippen LogP contribution in [0.1, 0.15) is 42.7 Å². The topological polar surface area (TPSA) is 106 Å². The molecular formula is C13H18N2O5. The van der Waals surface area contributed by atoms with E-state index in [0.29, 0.717) is 0 Å². The summed E-state index contributed by atoms with van der Waals surface area (Å²) in [5.74, 6) is -0.956. The van der Waals surface area contributed by atoms with Crippen molar-refractivity contribution < 1.29 is 19.2 Å². The number of nitro groups is 1. The molecule has 2 atom stereocenters. The molecule has 0 aromatic carbocycles. The van der Waals surface area contributed by atoms with Gasteiger partial charge in [0.1, 0.15) is 4.92 Å². The molecule has 1 aromatic heterocycles. The zero-order valence-electron chi connectivity index (χ0n) is 11.1. The van der Waals surface area contributed by atoms with Crippen LogP contribution in [0.2, 0.25) is 0 Å². The Kier molecular flexibility index (Phi) is 4.73. The quantitative estimate of drug-likeness (QED) is 0.498. The van der Waals surface area contributed by atoms with Crippen molar-refractivity contribution in [3.8, 4) is 0 Å². The van der Waals surface area contributed by atoms with Crippen LogP contribution in [0.15, 0.2) is 16.5 Å². The Balaban J connectivity index is 2.02. The fourth-order valence-electron chi connectivity index (χ4n) is 2.58. The zero-order chi connectivity index (χ0) is 14.5. The lowest BCUT2D eigenvalue weighted by Gasteiger charge is -2.23. The van der Waals surface area contributed by atoms with Crippen molar-refractivity contribution >= 4 is 11.8 Å². The van der Waals surface area contributed by atoms with Gasteiger partial charge in [0, 0.05) is 18.6 Å². The maximum absolute atomic E-state index is 12.0. The molecule has 1 aliphatic carbocycles. The molecule has 0 spiro atoms.